The third-order valence-electron chi connectivity index (χ3n) is 2.87. The zero-order valence-corrected chi connectivity index (χ0v) is 10.9. The van der Waals surface area contributed by atoms with E-state index in [2.05, 4.69) is 5.32 Å². The first-order chi connectivity index (χ1) is 8.56. The monoisotopic (exact) mass is 269 g/mol. The van der Waals surface area contributed by atoms with E-state index < -0.39 is 6.10 Å². The molecule has 2 rings (SSSR count). The van der Waals surface area contributed by atoms with Crippen LogP contribution in [-0.2, 0) is 9.53 Å². The molecule has 4 nitrogen and oxygen atoms in total. The van der Waals surface area contributed by atoms with Gasteiger partial charge in [-0.25, -0.2) is 0 Å². The molecule has 18 heavy (non-hydrogen) atoms. The van der Waals surface area contributed by atoms with Gasteiger partial charge in [0, 0.05) is 11.1 Å². The van der Waals surface area contributed by atoms with Crippen LogP contribution in [0.1, 0.15) is 19.8 Å². The minimum Gasteiger partial charge on any atom is -0.506 e. The van der Waals surface area contributed by atoms with Crippen molar-refractivity contribution in [1.82, 2.24) is 0 Å². The van der Waals surface area contributed by atoms with Gasteiger partial charge in [-0.2, -0.15) is 0 Å². The number of rotatable bonds is 5. The fourth-order valence-corrected chi connectivity index (χ4v) is 1.65. The van der Waals surface area contributed by atoms with Crippen LogP contribution in [-0.4, -0.2) is 23.7 Å². The van der Waals surface area contributed by atoms with Gasteiger partial charge in [0.1, 0.15) is 11.9 Å². The maximum absolute atomic E-state index is 11.8. The zero-order chi connectivity index (χ0) is 13.1. The molecule has 1 amide bonds. The molecule has 98 valence electrons. The summed E-state index contributed by atoms with van der Waals surface area (Å²) in [6, 6.07) is 4.54. The summed E-state index contributed by atoms with van der Waals surface area (Å²) in [5, 5.41) is 12.6. The lowest BCUT2D eigenvalue weighted by Crippen LogP contribution is -2.28. The van der Waals surface area contributed by atoms with Crippen molar-refractivity contribution in [3.05, 3.63) is 23.2 Å². The molecule has 1 atom stereocenters. The number of benzene rings is 1. The van der Waals surface area contributed by atoms with E-state index in [9.17, 15) is 9.90 Å². The molecule has 1 aliphatic carbocycles. The van der Waals surface area contributed by atoms with Crippen molar-refractivity contribution in [2.24, 2.45) is 5.92 Å². The van der Waals surface area contributed by atoms with Crippen molar-refractivity contribution in [3.63, 3.8) is 0 Å². The molecule has 0 radical (unpaired) electrons. The van der Waals surface area contributed by atoms with Crippen molar-refractivity contribution >= 4 is 23.2 Å². The second-order valence-electron chi connectivity index (χ2n) is 4.57. The minimum absolute atomic E-state index is 0.0507. The van der Waals surface area contributed by atoms with Crippen molar-refractivity contribution in [2.45, 2.75) is 25.9 Å². The first kappa shape index (κ1) is 13.2. The summed E-state index contributed by atoms with van der Waals surface area (Å²) < 4.78 is 5.44. The first-order valence-electron chi connectivity index (χ1n) is 5.97. The summed E-state index contributed by atoms with van der Waals surface area (Å²) in [5.74, 6) is 0.294. The molecule has 1 aromatic carbocycles. The van der Waals surface area contributed by atoms with Crippen LogP contribution in [0.2, 0.25) is 5.02 Å². The normalized spacial score (nSPS) is 16.3. The number of hydrogen-bond acceptors (Lipinski definition) is 3. The predicted octanol–water partition coefficient (Wildman–Crippen LogP) is 2.80. The highest BCUT2D eigenvalue weighted by Crippen LogP contribution is 2.29. The van der Waals surface area contributed by atoms with Gasteiger partial charge in [-0.05, 0) is 37.8 Å². The highest BCUT2D eigenvalue weighted by atomic mass is 35.5. The summed E-state index contributed by atoms with van der Waals surface area (Å²) in [6.45, 7) is 2.33. The van der Waals surface area contributed by atoms with Crippen LogP contribution >= 0.6 is 11.6 Å². The molecular weight excluding hydrogens is 254 g/mol. The number of phenolic OH excluding ortho intramolecular Hbond substituents is 1. The lowest BCUT2D eigenvalue weighted by Gasteiger charge is -2.13. The van der Waals surface area contributed by atoms with Gasteiger partial charge in [-0.1, -0.05) is 11.6 Å². The molecule has 0 heterocycles. The van der Waals surface area contributed by atoms with Crippen LogP contribution in [0.15, 0.2) is 18.2 Å². The van der Waals surface area contributed by atoms with E-state index in [-0.39, 0.29) is 11.7 Å². The number of carbonyl (C=O) groups is 1. The van der Waals surface area contributed by atoms with Crippen molar-refractivity contribution in [1.29, 1.82) is 0 Å². The van der Waals surface area contributed by atoms with Crippen LogP contribution in [0.5, 0.6) is 5.75 Å². The molecular formula is C13H16ClNO3. The summed E-state index contributed by atoms with van der Waals surface area (Å²) in [7, 11) is 0. The van der Waals surface area contributed by atoms with Crippen LogP contribution in [0.4, 0.5) is 5.69 Å². The van der Waals surface area contributed by atoms with Crippen molar-refractivity contribution in [3.8, 4) is 5.75 Å². The average molecular weight is 270 g/mol. The number of aromatic hydroxyl groups is 1. The van der Waals surface area contributed by atoms with Crippen molar-refractivity contribution in [2.75, 3.05) is 11.9 Å². The van der Waals surface area contributed by atoms with Gasteiger partial charge in [0.05, 0.1) is 12.3 Å². The number of hydrogen-bond donors (Lipinski definition) is 2. The predicted molar refractivity (Wildman–Crippen MR) is 69.9 cm³/mol. The van der Waals surface area contributed by atoms with Gasteiger partial charge in [0.15, 0.2) is 0 Å². The van der Waals surface area contributed by atoms with Gasteiger partial charge < -0.3 is 15.2 Å². The number of amides is 1. The smallest absolute Gasteiger partial charge is 0.253 e. The van der Waals surface area contributed by atoms with Crippen LogP contribution in [0.3, 0.4) is 0 Å². The quantitative estimate of drug-likeness (QED) is 0.808. The van der Waals surface area contributed by atoms with Crippen LogP contribution < -0.4 is 5.32 Å². The molecule has 0 spiro atoms. The standard InChI is InChI=1S/C13H16ClNO3/c1-8(18-7-9-2-3-9)13(17)15-11-5-4-10(14)6-12(11)16/h4-6,8-9,16H,2-3,7H2,1H3,(H,15,17). The molecule has 2 N–H and O–H groups in total. The molecule has 0 saturated heterocycles. The molecule has 1 aromatic rings. The zero-order valence-electron chi connectivity index (χ0n) is 10.1. The summed E-state index contributed by atoms with van der Waals surface area (Å²) in [4.78, 5) is 11.8. The third-order valence-corrected chi connectivity index (χ3v) is 3.10. The van der Waals surface area contributed by atoms with E-state index in [1.54, 1.807) is 19.1 Å². The number of ether oxygens (including phenoxy) is 1. The Morgan fingerprint density at radius 1 is 1.61 bits per heavy atom. The lowest BCUT2D eigenvalue weighted by atomic mass is 10.2. The average Bonchev–Trinajstić information content (AvgIpc) is 3.13. The van der Waals surface area contributed by atoms with Gasteiger partial charge >= 0.3 is 0 Å². The number of halogens is 1. The molecule has 0 aliphatic heterocycles. The fourth-order valence-electron chi connectivity index (χ4n) is 1.49. The SMILES string of the molecule is CC(OCC1CC1)C(=O)Nc1ccc(Cl)cc1O. The fraction of sp³-hybridized carbons (Fsp3) is 0.462. The Kier molecular flexibility index (Phi) is 4.09. The molecule has 0 aromatic heterocycles. The van der Waals surface area contributed by atoms with Crippen LogP contribution in [0, 0.1) is 5.92 Å². The lowest BCUT2D eigenvalue weighted by molar-refractivity contribution is -0.126. The Balaban J connectivity index is 1.88. The van der Waals surface area contributed by atoms with E-state index in [1.807, 2.05) is 0 Å². The van der Waals surface area contributed by atoms with Crippen LogP contribution in [0.25, 0.3) is 0 Å². The number of nitrogens with one attached hydrogen (secondary N) is 1. The maximum Gasteiger partial charge on any atom is 0.253 e. The topological polar surface area (TPSA) is 58.6 Å². The van der Waals surface area contributed by atoms with Gasteiger partial charge in [-0.3, -0.25) is 4.79 Å². The Labute approximate surface area is 111 Å². The first-order valence-corrected chi connectivity index (χ1v) is 6.35. The molecule has 1 unspecified atom stereocenters. The largest absolute Gasteiger partial charge is 0.506 e. The van der Waals surface area contributed by atoms with E-state index >= 15 is 0 Å². The molecule has 0 bridgehead atoms. The highest BCUT2D eigenvalue weighted by molar-refractivity contribution is 6.30. The second-order valence-corrected chi connectivity index (χ2v) is 5.01. The molecule has 1 fully saturated rings. The summed E-state index contributed by atoms with van der Waals surface area (Å²) in [6.07, 6.45) is 1.85. The van der Waals surface area contributed by atoms with Gasteiger partial charge in [0.25, 0.3) is 5.91 Å². The minimum atomic E-state index is -0.527. The summed E-state index contributed by atoms with van der Waals surface area (Å²) in [5.41, 5.74) is 0.339. The Bertz CT molecular complexity index is 446. The van der Waals surface area contributed by atoms with E-state index in [4.69, 9.17) is 16.3 Å². The Morgan fingerprint density at radius 2 is 2.33 bits per heavy atom. The maximum atomic E-state index is 11.8. The summed E-state index contributed by atoms with van der Waals surface area (Å²) >= 11 is 5.71. The molecule has 1 aliphatic rings. The Hall–Kier alpha value is -1.26. The van der Waals surface area contributed by atoms with E-state index in [0.717, 1.165) is 0 Å². The number of carbonyl (C=O) groups excluding carboxylic acids is 1. The molecule has 5 heteroatoms. The number of phenols is 1. The molecule has 1 saturated carbocycles. The van der Waals surface area contributed by atoms with E-state index in [1.165, 1.54) is 18.9 Å². The van der Waals surface area contributed by atoms with Gasteiger partial charge in [0.2, 0.25) is 0 Å². The third kappa shape index (κ3) is 3.62. The highest BCUT2D eigenvalue weighted by Gasteiger charge is 2.24. The van der Waals surface area contributed by atoms with Gasteiger partial charge in [-0.15, -0.1) is 0 Å². The van der Waals surface area contributed by atoms with E-state index in [0.29, 0.717) is 23.2 Å². The number of anilines is 1. The second kappa shape index (κ2) is 5.59. The Morgan fingerprint density at radius 3 is 2.94 bits per heavy atom. The van der Waals surface area contributed by atoms with Crippen molar-refractivity contribution < 1.29 is 14.6 Å².